The van der Waals surface area contributed by atoms with E-state index in [1.54, 1.807) is 31.7 Å². The lowest BCUT2D eigenvalue weighted by Crippen LogP contribution is -2.47. The first kappa shape index (κ1) is 29.6. The molecule has 0 aromatic carbocycles. The Kier molecular flexibility index (Phi) is 10.8. The number of carbonyl (C=O) groups excluding carboxylic acids is 2. The van der Waals surface area contributed by atoms with Crippen molar-refractivity contribution >= 4 is 36.4 Å². The predicted octanol–water partition coefficient (Wildman–Crippen LogP) is 2.64. The van der Waals surface area contributed by atoms with Gasteiger partial charge in [0.05, 0.1) is 31.7 Å². The zero-order valence-electron chi connectivity index (χ0n) is 21.7. The lowest BCUT2D eigenvalue weighted by molar-refractivity contribution is -0.149. The number of fused-ring (bicyclic) bond motifs is 1. The minimum atomic E-state index is -3.88. The van der Waals surface area contributed by atoms with E-state index in [9.17, 15) is 14.2 Å². The average molecular weight is 529 g/mol. The maximum absolute atomic E-state index is 13.7. The molecule has 2 aromatic heterocycles. The number of nitrogen functional groups attached to an aromatic ring is 1. The van der Waals surface area contributed by atoms with Crippen LogP contribution in [0, 0.1) is 0 Å². The second-order valence-corrected chi connectivity index (χ2v) is 11.2. The van der Waals surface area contributed by atoms with Crippen LogP contribution in [-0.4, -0.2) is 68.8 Å². The zero-order valence-corrected chi connectivity index (χ0v) is 22.6. The van der Waals surface area contributed by atoms with Gasteiger partial charge in [-0.25, -0.2) is 24.8 Å². The Labute approximate surface area is 210 Å². The summed E-state index contributed by atoms with van der Waals surface area (Å²) in [5, 5.41) is 2.73. The zero-order chi connectivity index (χ0) is 26.9. The fraction of sp³-hybridized carbons (Fsp3) is 0.682. The van der Waals surface area contributed by atoms with Crippen molar-refractivity contribution in [3.05, 3.63) is 12.7 Å². The second kappa shape index (κ2) is 13.1. The van der Waals surface area contributed by atoms with Crippen LogP contribution in [-0.2, 0) is 39.4 Å². The number of carbonyl (C=O) groups is 2. The molecule has 0 radical (unpaired) electrons. The quantitative estimate of drug-likeness (QED) is 0.197. The molecule has 0 aliphatic heterocycles. The molecule has 2 rings (SSSR count). The van der Waals surface area contributed by atoms with Crippen molar-refractivity contribution in [1.82, 2.24) is 24.6 Å². The molecule has 13 nitrogen and oxygen atoms in total. The molecule has 0 unspecified atom stereocenters. The number of ether oxygens (including phenoxy) is 3. The van der Waals surface area contributed by atoms with Crippen LogP contribution in [0.3, 0.4) is 0 Å². The van der Waals surface area contributed by atoms with Gasteiger partial charge in [0.25, 0.3) is 7.52 Å². The van der Waals surface area contributed by atoms with Crippen LogP contribution in [0.25, 0.3) is 11.2 Å². The Bertz CT molecular complexity index is 1070. The third-order valence-corrected chi connectivity index (χ3v) is 6.80. The van der Waals surface area contributed by atoms with Gasteiger partial charge in [-0.2, -0.15) is 0 Å². The normalized spacial score (nSPS) is 14.5. The van der Waals surface area contributed by atoms with Gasteiger partial charge in [-0.3, -0.25) is 9.36 Å². The van der Waals surface area contributed by atoms with Crippen molar-refractivity contribution in [2.24, 2.45) is 0 Å². The first-order valence-electron chi connectivity index (χ1n) is 11.8. The molecule has 0 bridgehead atoms. The molecule has 2 atom stereocenters. The van der Waals surface area contributed by atoms with E-state index in [2.05, 4.69) is 20.0 Å². The molecular formula is C22H37N6O7P. The van der Waals surface area contributed by atoms with Gasteiger partial charge in [0.2, 0.25) is 0 Å². The lowest BCUT2D eigenvalue weighted by Gasteiger charge is -2.30. The third kappa shape index (κ3) is 8.81. The van der Waals surface area contributed by atoms with Gasteiger partial charge < -0.3 is 29.0 Å². The van der Waals surface area contributed by atoms with E-state index in [-0.39, 0.29) is 18.5 Å². The molecule has 0 aliphatic carbocycles. The molecule has 0 saturated carbocycles. The van der Waals surface area contributed by atoms with E-state index >= 15 is 0 Å². The van der Waals surface area contributed by atoms with Crippen molar-refractivity contribution in [3.8, 4) is 0 Å². The van der Waals surface area contributed by atoms with Crippen LogP contribution in [0.1, 0.15) is 54.4 Å². The number of aromatic nitrogens is 4. The molecule has 0 saturated heterocycles. The number of hydrogen-bond acceptors (Lipinski definition) is 11. The van der Waals surface area contributed by atoms with Gasteiger partial charge in [0.1, 0.15) is 23.7 Å². The lowest BCUT2D eigenvalue weighted by atomic mass is 10.1. The number of rotatable bonds is 15. The van der Waals surface area contributed by atoms with Gasteiger partial charge in [-0.05, 0) is 41.0 Å². The molecule has 202 valence electrons. The average Bonchev–Trinajstić information content (AvgIpc) is 3.20. The molecule has 14 heteroatoms. The first-order chi connectivity index (χ1) is 16.9. The predicted molar refractivity (Wildman–Crippen MR) is 133 cm³/mol. The summed E-state index contributed by atoms with van der Waals surface area (Å²) in [5.41, 5.74) is 5.46. The Morgan fingerprint density at radius 2 is 1.94 bits per heavy atom. The summed E-state index contributed by atoms with van der Waals surface area (Å²) in [4.78, 5) is 36.9. The maximum Gasteiger partial charge on any atom is 0.332 e. The molecule has 0 amide bonds. The fourth-order valence-electron chi connectivity index (χ4n) is 3.10. The van der Waals surface area contributed by atoms with E-state index in [1.165, 1.54) is 20.2 Å². The fourth-order valence-corrected chi connectivity index (χ4v) is 5.02. The highest BCUT2D eigenvalue weighted by molar-refractivity contribution is 7.56. The third-order valence-electron chi connectivity index (χ3n) is 4.86. The highest BCUT2D eigenvalue weighted by atomic mass is 31.2. The summed E-state index contributed by atoms with van der Waals surface area (Å²) in [6.45, 7) is 10.1. The molecule has 3 N–H and O–H groups in total. The molecule has 0 fully saturated rings. The highest BCUT2D eigenvalue weighted by Crippen LogP contribution is 2.45. The van der Waals surface area contributed by atoms with Gasteiger partial charge in [0.15, 0.2) is 18.1 Å². The molecule has 0 aliphatic rings. The van der Waals surface area contributed by atoms with E-state index in [0.717, 1.165) is 6.42 Å². The number of nitrogens with zero attached hydrogens (tertiary/aromatic N) is 4. The summed E-state index contributed by atoms with van der Waals surface area (Å²) in [6, 6.07) is 0. The highest BCUT2D eigenvalue weighted by Gasteiger charge is 2.39. The van der Waals surface area contributed by atoms with Crippen molar-refractivity contribution in [1.29, 1.82) is 0 Å². The standard InChI is InChI=1S/C22H37N6O7P/c1-7-8-9-32-21(30)22(5,6)27-36(31,34-11-17(29)35-15(2)3)14-33-16(4)10-28-13-26-18-19(23)24-12-25-20(18)28/h12-13,15-16H,7-11,14H2,1-6H3,(H,27,31)(H2,23,24,25)/t16-,36-/m1/s1. The summed E-state index contributed by atoms with van der Waals surface area (Å²) < 4.78 is 37.0. The Morgan fingerprint density at radius 1 is 1.22 bits per heavy atom. The molecule has 2 aromatic rings. The molecule has 2 heterocycles. The number of nitrogens with one attached hydrogen (secondary N) is 1. The van der Waals surface area contributed by atoms with E-state index < -0.39 is 44.1 Å². The smallest absolute Gasteiger partial charge is 0.332 e. The molecule has 36 heavy (non-hydrogen) atoms. The number of anilines is 1. The largest absolute Gasteiger partial charge is 0.464 e. The Morgan fingerprint density at radius 3 is 2.61 bits per heavy atom. The Balaban J connectivity index is 2.10. The number of esters is 2. The van der Waals surface area contributed by atoms with Crippen molar-refractivity contribution in [3.63, 3.8) is 0 Å². The summed E-state index contributed by atoms with van der Waals surface area (Å²) in [6.07, 6.45) is 3.21. The van der Waals surface area contributed by atoms with E-state index in [1.807, 2.05) is 6.92 Å². The van der Waals surface area contributed by atoms with Gasteiger partial charge in [-0.1, -0.05) is 13.3 Å². The monoisotopic (exact) mass is 528 g/mol. The van der Waals surface area contributed by atoms with E-state index in [4.69, 9.17) is 24.5 Å². The summed E-state index contributed by atoms with van der Waals surface area (Å²) in [5.74, 6) is -1.03. The topological polar surface area (TPSA) is 170 Å². The summed E-state index contributed by atoms with van der Waals surface area (Å²) >= 11 is 0. The van der Waals surface area contributed by atoms with Gasteiger partial charge in [0, 0.05) is 0 Å². The van der Waals surface area contributed by atoms with Crippen molar-refractivity contribution in [2.75, 3.05) is 25.3 Å². The first-order valence-corrected chi connectivity index (χ1v) is 13.6. The van der Waals surface area contributed by atoms with Gasteiger partial charge in [-0.15, -0.1) is 0 Å². The number of imidazole rings is 1. The second-order valence-electron chi connectivity index (χ2n) is 9.15. The van der Waals surface area contributed by atoms with Crippen molar-refractivity contribution in [2.45, 2.75) is 78.7 Å². The maximum atomic E-state index is 13.7. The Hall–Kier alpha value is -2.60. The number of unbranched alkanes of at least 4 members (excludes halogenated alkanes) is 1. The molecule has 0 spiro atoms. The van der Waals surface area contributed by atoms with Crippen LogP contribution in [0.15, 0.2) is 12.7 Å². The molecular weight excluding hydrogens is 491 g/mol. The van der Waals surface area contributed by atoms with Gasteiger partial charge >= 0.3 is 11.9 Å². The van der Waals surface area contributed by atoms with Crippen LogP contribution < -0.4 is 10.8 Å². The van der Waals surface area contributed by atoms with Crippen LogP contribution >= 0.6 is 7.52 Å². The minimum Gasteiger partial charge on any atom is -0.464 e. The number of nitrogens with two attached hydrogens (primary N) is 1. The SMILES string of the molecule is CCCCOC(=O)C(C)(C)N[P@@](=O)(CO[C@H](C)Cn1cnc2c(N)ncnc21)OCC(=O)OC(C)C. The van der Waals surface area contributed by atoms with Crippen molar-refractivity contribution < 1.29 is 32.9 Å². The number of hydrogen-bond donors (Lipinski definition) is 2. The van der Waals surface area contributed by atoms with Crippen LogP contribution in [0.2, 0.25) is 0 Å². The van der Waals surface area contributed by atoms with E-state index in [0.29, 0.717) is 24.1 Å². The van der Waals surface area contributed by atoms with Crippen LogP contribution in [0.4, 0.5) is 5.82 Å². The summed E-state index contributed by atoms with van der Waals surface area (Å²) in [7, 11) is -3.88. The van der Waals surface area contributed by atoms with Crippen LogP contribution in [0.5, 0.6) is 0 Å². The minimum absolute atomic E-state index is 0.243.